The van der Waals surface area contributed by atoms with Crippen LogP contribution < -0.4 is 4.90 Å². The molecule has 0 radical (unpaired) electrons. The van der Waals surface area contributed by atoms with Crippen molar-refractivity contribution < 1.29 is 5.11 Å². The Balaban J connectivity index is 1.59. The molecule has 1 N–H and O–H groups in total. The van der Waals surface area contributed by atoms with Gasteiger partial charge in [0.15, 0.2) is 5.82 Å². The molecule has 0 aromatic carbocycles. The van der Waals surface area contributed by atoms with E-state index in [-0.39, 0.29) is 0 Å². The van der Waals surface area contributed by atoms with E-state index >= 15 is 0 Å². The third kappa shape index (κ3) is 2.59. The summed E-state index contributed by atoms with van der Waals surface area (Å²) in [6.45, 7) is 5.97. The van der Waals surface area contributed by atoms with Crippen LogP contribution in [0.5, 0.6) is 0 Å². The molecular weight excluding hydrogens is 302 g/mol. The Hall–Kier alpha value is -1.95. The molecule has 1 saturated heterocycles. The van der Waals surface area contributed by atoms with Gasteiger partial charge in [0.25, 0.3) is 0 Å². The first-order valence-electron chi connectivity index (χ1n) is 8.90. The van der Waals surface area contributed by atoms with Gasteiger partial charge in [-0.05, 0) is 37.7 Å². The van der Waals surface area contributed by atoms with Crippen LogP contribution in [0.4, 0.5) is 5.82 Å². The van der Waals surface area contributed by atoms with E-state index in [1.807, 2.05) is 25.4 Å². The highest BCUT2D eigenvalue weighted by Gasteiger charge is 2.48. The highest BCUT2D eigenvalue weighted by atomic mass is 16.3. The zero-order valence-corrected chi connectivity index (χ0v) is 14.4. The summed E-state index contributed by atoms with van der Waals surface area (Å²) < 4.78 is 1.78. The van der Waals surface area contributed by atoms with Gasteiger partial charge < -0.3 is 10.0 Å². The molecule has 3 heterocycles. The number of hydrogen-bond donors (Lipinski definition) is 1. The van der Waals surface area contributed by atoms with Gasteiger partial charge in [-0.3, -0.25) is 0 Å². The van der Waals surface area contributed by atoms with Crippen LogP contribution in [0.3, 0.4) is 0 Å². The molecule has 4 rings (SSSR count). The molecule has 0 amide bonds. The first kappa shape index (κ1) is 15.6. The molecule has 1 aliphatic carbocycles. The lowest BCUT2D eigenvalue weighted by Gasteiger charge is -2.40. The third-order valence-corrected chi connectivity index (χ3v) is 5.84. The molecule has 6 nitrogen and oxygen atoms in total. The maximum atomic E-state index is 11.0. The summed E-state index contributed by atoms with van der Waals surface area (Å²) in [5.74, 6) is 2.63. The molecule has 2 aromatic rings. The molecule has 3 atom stereocenters. The molecule has 24 heavy (non-hydrogen) atoms. The Morgan fingerprint density at radius 3 is 2.88 bits per heavy atom. The number of aliphatic hydroxyl groups is 1. The van der Waals surface area contributed by atoms with E-state index in [4.69, 9.17) is 0 Å². The van der Waals surface area contributed by atoms with E-state index in [0.717, 1.165) is 49.6 Å². The third-order valence-electron chi connectivity index (χ3n) is 5.84. The van der Waals surface area contributed by atoms with Crippen molar-refractivity contribution in [3.05, 3.63) is 30.4 Å². The van der Waals surface area contributed by atoms with E-state index < -0.39 is 5.60 Å². The predicted molar refractivity (Wildman–Crippen MR) is 92.2 cm³/mol. The van der Waals surface area contributed by atoms with Crippen LogP contribution in [-0.4, -0.2) is 43.5 Å². The van der Waals surface area contributed by atoms with Crippen LogP contribution in [0.25, 0.3) is 5.82 Å². The molecule has 1 aliphatic heterocycles. The van der Waals surface area contributed by atoms with Crippen molar-refractivity contribution in [2.75, 3.05) is 18.0 Å². The molecule has 2 fully saturated rings. The lowest BCUT2D eigenvalue weighted by molar-refractivity contribution is -0.0597. The summed E-state index contributed by atoms with van der Waals surface area (Å²) in [6, 6.07) is 1.99. The standard InChI is InChI=1S/C18H25N5O/c1-3-18(24)6-4-5-14-10-22(11-15(14)18)16-7-17(20-12-19-16)23-9-13(2)8-21-23/h7-9,12,14-15,24H,3-6,10-11H2,1-2H3/t14-,15+,18-/m0/s1. The van der Waals surface area contributed by atoms with Crippen LogP contribution in [-0.2, 0) is 0 Å². The van der Waals surface area contributed by atoms with Crippen LogP contribution in [0.1, 0.15) is 38.2 Å². The fourth-order valence-electron chi connectivity index (χ4n) is 4.43. The summed E-state index contributed by atoms with van der Waals surface area (Å²) >= 11 is 0. The predicted octanol–water partition coefficient (Wildman–Crippen LogP) is 2.35. The largest absolute Gasteiger partial charge is 0.390 e. The molecule has 6 heteroatoms. The number of hydrogen-bond acceptors (Lipinski definition) is 5. The minimum Gasteiger partial charge on any atom is -0.390 e. The normalized spacial score (nSPS) is 29.7. The molecule has 2 aromatic heterocycles. The fraction of sp³-hybridized carbons (Fsp3) is 0.611. The van der Waals surface area contributed by atoms with Gasteiger partial charge in [-0.25, -0.2) is 14.6 Å². The van der Waals surface area contributed by atoms with Crippen LogP contribution in [0.2, 0.25) is 0 Å². The second-order valence-corrected chi connectivity index (χ2v) is 7.32. The monoisotopic (exact) mass is 327 g/mol. The maximum Gasteiger partial charge on any atom is 0.158 e. The highest BCUT2D eigenvalue weighted by molar-refractivity contribution is 5.45. The van der Waals surface area contributed by atoms with Crippen molar-refractivity contribution in [1.82, 2.24) is 19.7 Å². The number of nitrogens with zero attached hydrogens (tertiary/aromatic N) is 5. The van der Waals surface area contributed by atoms with Gasteiger partial charge in [-0.2, -0.15) is 5.10 Å². The number of anilines is 1. The SMILES string of the molecule is CC[C@]1(O)CCC[C@H]2CN(c3cc(-n4cc(C)cn4)ncn3)C[C@H]21. The van der Waals surface area contributed by atoms with Crippen LogP contribution >= 0.6 is 0 Å². The zero-order valence-electron chi connectivity index (χ0n) is 14.4. The quantitative estimate of drug-likeness (QED) is 0.937. The molecule has 0 unspecified atom stereocenters. The fourth-order valence-corrected chi connectivity index (χ4v) is 4.43. The smallest absolute Gasteiger partial charge is 0.158 e. The average molecular weight is 327 g/mol. The van der Waals surface area contributed by atoms with Crippen molar-refractivity contribution in [3.63, 3.8) is 0 Å². The van der Waals surface area contributed by atoms with Gasteiger partial charge in [-0.15, -0.1) is 0 Å². The minimum absolute atomic E-state index is 0.349. The Morgan fingerprint density at radius 2 is 2.12 bits per heavy atom. The summed E-state index contributed by atoms with van der Waals surface area (Å²) in [4.78, 5) is 11.1. The molecule has 0 spiro atoms. The Bertz CT molecular complexity index is 730. The van der Waals surface area contributed by atoms with E-state index in [0.29, 0.717) is 11.8 Å². The summed E-state index contributed by atoms with van der Waals surface area (Å²) in [6.07, 6.45) is 9.50. The Labute approximate surface area is 142 Å². The van der Waals surface area contributed by atoms with Crippen molar-refractivity contribution in [1.29, 1.82) is 0 Å². The van der Waals surface area contributed by atoms with Gasteiger partial charge in [0.1, 0.15) is 12.1 Å². The molecule has 2 aliphatic rings. The topological polar surface area (TPSA) is 67.1 Å². The first-order chi connectivity index (χ1) is 11.6. The Kier molecular flexibility index (Phi) is 3.79. The van der Waals surface area contributed by atoms with Crippen molar-refractivity contribution >= 4 is 5.82 Å². The Morgan fingerprint density at radius 1 is 1.29 bits per heavy atom. The number of aryl methyl sites for hydroxylation is 1. The first-order valence-corrected chi connectivity index (χ1v) is 8.90. The van der Waals surface area contributed by atoms with Crippen molar-refractivity contribution in [2.45, 2.75) is 45.1 Å². The second-order valence-electron chi connectivity index (χ2n) is 7.32. The summed E-state index contributed by atoms with van der Waals surface area (Å²) in [5.41, 5.74) is 0.599. The summed E-state index contributed by atoms with van der Waals surface area (Å²) in [5, 5.41) is 15.3. The van der Waals surface area contributed by atoms with Crippen LogP contribution in [0, 0.1) is 18.8 Å². The second kappa shape index (κ2) is 5.84. The lowest BCUT2D eigenvalue weighted by atomic mass is 9.69. The van der Waals surface area contributed by atoms with Crippen molar-refractivity contribution in [2.24, 2.45) is 11.8 Å². The van der Waals surface area contributed by atoms with E-state index in [1.165, 1.54) is 6.42 Å². The van der Waals surface area contributed by atoms with Gasteiger partial charge in [0, 0.05) is 31.3 Å². The molecule has 0 bridgehead atoms. The van der Waals surface area contributed by atoms with Crippen molar-refractivity contribution in [3.8, 4) is 5.82 Å². The highest BCUT2D eigenvalue weighted by Crippen LogP contribution is 2.45. The van der Waals surface area contributed by atoms with E-state index in [9.17, 15) is 5.11 Å². The average Bonchev–Trinajstić information content (AvgIpc) is 3.22. The van der Waals surface area contributed by atoms with E-state index in [1.54, 1.807) is 11.0 Å². The van der Waals surface area contributed by atoms with Gasteiger partial charge in [-0.1, -0.05) is 13.3 Å². The minimum atomic E-state index is -0.507. The van der Waals surface area contributed by atoms with Gasteiger partial charge in [0.05, 0.1) is 11.8 Å². The molecule has 1 saturated carbocycles. The molecular formula is C18H25N5O. The van der Waals surface area contributed by atoms with Crippen LogP contribution in [0.15, 0.2) is 24.8 Å². The number of rotatable bonds is 3. The number of fused-ring (bicyclic) bond motifs is 1. The lowest BCUT2D eigenvalue weighted by Crippen LogP contribution is -2.44. The summed E-state index contributed by atoms with van der Waals surface area (Å²) in [7, 11) is 0. The maximum absolute atomic E-state index is 11.0. The van der Waals surface area contributed by atoms with E-state index in [2.05, 4.69) is 26.9 Å². The number of aromatic nitrogens is 4. The molecule has 128 valence electrons. The zero-order chi connectivity index (χ0) is 16.7. The van der Waals surface area contributed by atoms with Gasteiger partial charge in [0.2, 0.25) is 0 Å². The van der Waals surface area contributed by atoms with Gasteiger partial charge >= 0.3 is 0 Å².